The Hall–Kier alpha value is -3.32. The second-order valence-electron chi connectivity index (χ2n) is 13.1. The van der Waals surface area contributed by atoms with Gasteiger partial charge in [-0.05, 0) is 64.2 Å². The first-order valence-electron chi connectivity index (χ1n) is 14.9. The Bertz CT molecular complexity index is 1570. The van der Waals surface area contributed by atoms with Gasteiger partial charge in [-0.15, -0.1) is 11.3 Å². The van der Waals surface area contributed by atoms with Gasteiger partial charge in [0.25, 0.3) is 0 Å². The molecule has 13 heteroatoms. The summed E-state index contributed by atoms with van der Waals surface area (Å²) in [5.74, 6) is -0.0212. The monoisotopic (exact) mass is 646 g/mol. The average molecular weight is 647 g/mol. The van der Waals surface area contributed by atoms with Crippen LogP contribution in [-0.2, 0) is 20.2 Å². The first kappa shape index (κ1) is 33.6. The van der Waals surface area contributed by atoms with Crippen LogP contribution in [0.2, 0.25) is 0 Å². The smallest absolute Gasteiger partial charge is 0.410 e. The number of rotatable bonds is 9. The van der Waals surface area contributed by atoms with Crippen LogP contribution in [0.1, 0.15) is 72.7 Å². The summed E-state index contributed by atoms with van der Waals surface area (Å²) in [4.78, 5) is 28.8. The first-order valence-corrected chi connectivity index (χ1v) is 17.4. The number of piperidine rings is 1. The molecule has 1 aliphatic heterocycles. The van der Waals surface area contributed by atoms with Crippen LogP contribution < -0.4 is 10.0 Å². The van der Waals surface area contributed by atoms with Gasteiger partial charge in [0.2, 0.25) is 16.0 Å². The Morgan fingerprint density at radius 2 is 1.82 bits per heavy atom. The van der Waals surface area contributed by atoms with Gasteiger partial charge in [-0.3, -0.25) is 4.72 Å². The van der Waals surface area contributed by atoms with Crippen LogP contribution in [0.25, 0.3) is 21.8 Å². The van der Waals surface area contributed by atoms with E-state index in [1.165, 1.54) is 17.4 Å². The molecule has 0 saturated carbocycles. The molecule has 240 valence electrons. The van der Waals surface area contributed by atoms with Crippen molar-refractivity contribution in [2.24, 2.45) is 5.92 Å². The maximum absolute atomic E-state index is 15.9. The molecule has 0 spiro atoms. The van der Waals surface area contributed by atoms with Crippen molar-refractivity contribution in [2.45, 2.75) is 78.7 Å². The number of hydrogen-bond donors (Lipinski definition) is 2. The minimum Gasteiger partial charge on any atom is -0.444 e. The Balaban J connectivity index is 1.55. The number of aromatic nitrogens is 3. The van der Waals surface area contributed by atoms with Crippen LogP contribution in [0, 0.1) is 11.7 Å². The van der Waals surface area contributed by atoms with E-state index in [2.05, 4.69) is 15.0 Å². The number of nitrogens with zero attached hydrogens (tertiary/aromatic N) is 4. The highest BCUT2D eigenvalue weighted by Crippen LogP contribution is 2.42. The molecule has 10 nitrogen and oxygen atoms in total. The minimum atomic E-state index is -3.68. The van der Waals surface area contributed by atoms with E-state index in [9.17, 15) is 13.2 Å². The lowest BCUT2D eigenvalue weighted by Crippen LogP contribution is -2.42. The van der Waals surface area contributed by atoms with E-state index in [0.29, 0.717) is 54.2 Å². The zero-order chi connectivity index (χ0) is 32.3. The quantitative estimate of drug-likeness (QED) is 0.257. The SMILES string of the molecule is CCCS(=O)(=O)Nc1cccc(-c2nc(C(C)(C)C)sc2-c2ccnc(NCC3CCN(C(=O)OC(C)(C)C)CC3)n2)c1F. The summed E-state index contributed by atoms with van der Waals surface area (Å²) < 4.78 is 48.5. The van der Waals surface area contributed by atoms with Crippen LogP contribution in [0.15, 0.2) is 30.5 Å². The molecule has 0 aliphatic carbocycles. The molecule has 0 radical (unpaired) electrons. The number of ether oxygens (including phenoxy) is 1. The fourth-order valence-corrected chi connectivity index (χ4v) is 6.97. The zero-order valence-corrected chi connectivity index (χ0v) is 28.2. The molecule has 0 bridgehead atoms. The molecule has 1 fully saturated rings. The van der Waals surface area contributed by atoms with Gasteiger partial charge < -0.3 is 15.0 Å². The zero-order valence-electron chi connectivity index (χ0n) is 26.5. The molecule has 3 aromatic rings. The standard InChI is InChI=1S/C31H43FN6O4S2/c1-8-18-44(40,41)37-22-11-9-10-21(24(22)32)25-26(43-27(36-25)30(2,3)4)23-12-15-33-28(35-23)34-19-20-13-16-38(17-14-20)29(39)42-31(5,6)7/h9-12,15,20,37H,8,13-14,16-19H2,1-7H3,(H,33,34,35). The number of sulfonamides is 1. The fourth-order valence-electron chi connectivity index (χ4n) is 4.73. The second-order valence-corrected chi connectivity index (χ2v) is 15.9. The van der Waals surface area contributed by atoms with Crippen molar-refractivity contribution in [3.05, 3.63) is 41.3 Å². The molecule has 1 saturated heterocycles. The summed E-state index contributed by atoms with van der Waals surface area (Å²) in [5.41, 5.74) is 0.221. The van der Waals surface area contributed by atoms with Gasteiger partial charge in [0.05, 0.1) is 32.7 Å². The van der Waals surface area contributed by atoms with Crippen molar-refractivity contribution in [1.29, 1.82) is 0 Å². The van der Waals surface area contributed by atoms with Gasteiger partial charge in [-0.1, -0.05) is 33.8 Å². The fraction of sp³-hybridized carbons (Fsp3) is 0.548. The molecule has 44 heavy (non-hydrogen) atoms. The highest BCUT2D eigenvalue weighted by molar-refractivity contribution is 7.92. The van der Waals surface area contributed by atoms with Crippen LogP contribution in [0.4, 0.5) is 20.8 Å². The first-order chi connectivity index (χ1) is 20.6. The van der Waals surface area contributed by atoms with Gasteiger partial charge >= 0.3 is 6.09 Å². The van der Waals surface area contributed by atoms with E-state index in [1.54, 1.807) is 36.2 Å². The summed E-state index contributed by atoms with van der Waals surface area (Å²) >= 11 is 1.43. The van der Waals surface area contributed by atoms with Gasteiger partial charge in [-0.25, -0.2) is 32.6 Å². The Morgan fingerprint density at radius 3 is 2.45 bits per heavy atom. The van der Waals surface area contributed by atoms with E-state index in [0.717, 1.165) is 17.8 Å². The van der Waals surface area contributed by atoms with Crippen molar-refractivity contribution in [3.8, 4) is 21.8 Å². The van der Waals surface area contributed by atoms with Crippen LogP contribution in [0.3, 0.4) is 0 Å². The molecular weight excluding hydrogens is 604 g/mol. The third-order valence-electron chi connectivity index (χ3n) is 6.96. The highest BCUT2D eigenvalue weighted by atomic mass is 32.2. The number of amides is 1. The summed E-state index contributed by atoms with van der Waals surface area (Å²) in [6, 6.07) is 6.39. The van der Waals surface area contributed by atoms with Crippen LogP contribution in [-0.4, -0.2) is 65.4 Å². The number of nitrogens with one attached hydrogen (secondary N) is 2. The van der Waals surface area contributed by atoms with Crippen molar-refractivity contribution in [2.75, 3.05) is 35.4 Å². The van der Waals surface area contributed by atoms with Gasteiger partial charge in [0, 0.05) is 36.8 Å². The molecule has 2 aromatic heterocycles. The van der Waals surface area contributed by atoms with Gasteiger partial charge in [0.15, 0.2) is 5.82 Å². The van der Waals surface area contributed by atoms with Crippen molar-refractivity contribution >= 4 is 39.1 Å². The van der Waals surface area contributed by atoms with E-state index < -0.39 is 21.4 Å². The van der Waals surface area contributed by atoms with Crippen LogP contribution >= 0.6 is 11.3 Å². The number of benzene rings is 1. The third kappa shape index (κ3) is 8.65. The van der Waals surface area contributed by atoms with E-state index in [1.807, 2.05) is 41.5 Å². The summed E-state index contributed by atoms with van der Waals surface area (Å²) in [6.07, 6.45) is 3.45. The maximum Gasteiger partial charge on any atom is 0.410 e. The van der Waals surface area contributed by atoms with E-state index >= 15 is 4.39 Å². The number of thiazole rings is 1. The number of carbonyl (C=O) groups excluding carboxylic acids is 1. The normalized spacial score (nSPS) is 14.9. The molecular formula is C31H43FN6O4S2. The summed E-state index contributed by atoms with van der Waals surface area (Å²) in [7, 11) is -3.68. The number of hydrogen-bond acceptors (Lipinski definition) is 9. The van der Waals surface area contributed by atoms with Gasteiger partial charge in [-0.2, -0.15) is 0 Å². The molecule has 1 amide bonds. The Morgan fingerprint density at radius 1 is 1.11 bits per heavy atom. The average Bonchev–Trinajstić information content (AvgIpc) is 3.39. The highest BCUT2D eigenvalue weighted by Gasteiger charge is 2.28. The lowest BCUT2D eigenvalue weighted by molar-refractivity contribution is 0.0188. The number of halogens is 1. The Kier molecular flexibility index (Phi) is 10.2. The predicted molar refractivity (Wildman–Crippen MR) is 174 cm³/mol. The van der Waals surface area contributed by atoms with Crippen molar-refractivity contribution in [3.63, 3.8) is 0 Å². The van der Waals surface area contributed by atoms with Crippen molar-refractivity contribution < 1.29 is 22.3 Å². The lowest BCUT2D eigenvalue weighted by atomic mass is 9.97. The molecule has 3 heterocycles. The minimum absolute atomic E-state index is 0.105. The van der Waals surface area contributed by atoms with E-state index in [-0.39, 0.29) is 28.5 Å². The summed E-state index contributed by atoms with van der Waals surface area (Å²) in [5, 5.41) is 4.13. The van der Waals surface area contributed by atoms with Crippen molar-refractivity contribution in [1.82, 2.24) is 19.9 Å². The maximum atomic E-state index is 15.9. The predicted octanol–water partition coefficient (Wildman–Crippen LogP) is 6.91. The lowest BCUT2D eigenvalue weighted by Gasteiger charge is -2.33. The second kappa shape index (κ2) is 13.4. The molecule has 0 atom stereocenters. The number of anilines is 2. The van der Waals surface area contributed by atoms with Crippen LogP contribution in [0.5, 0.6) is 0 Å². The topological polar surface area (TPSA) is 126 Å². The largest absolute Gasteiger partial charge is 0.444 e. The van der Waals surface area contributed by atoms with E-state index in [4.69, 9.17) is 14.7 Å². The molecule has 1 aromatic carbocycles. The van der Waals surface area contributed by atoms with Gasteiger partial charge in [0.1, 0.15) is 5.60 Å². The summed E-state index contributed by atoms with van der Waals surface area (Å²) in [6.45, 7) is 15.3. The molecule has 4 rings (SSSR count). The molecule has 0 unspecified atom stereocenters. The third-order valence-corrected chi connectivity index (χ3v) is 9.94. The molecule has 1 aliphatic rings. The Labute approximate surface area is 263 Å². The molecule has 2 N–H and O–H groups in total. The number of carbonyl (C=O) groups is 1. The number of likely N-dealkylation sites (tertiary alicyclic amines) is 1.